The van der Waals surface area contributed by atoms with Gasteiger partial charge in [-0.3, -0.25) is 19.8 Å². The minimum atomic E-state index is -0.804. The highest BCUT2D eigenvalue weighted by atomic mass is 16.5. The number of anilines is 2. The van der Waals surface area contributed by atoms with Gasteiger partial charge in [-0.1, -0.05) is 5.16 Å². The van der Waals surface area contributed by atoms with E-state index < -0.39 is 11.8 Å². The number of carbonyl (C=O) groups excluding carboxylic acids is 2. The van der Waals surface area contributed by atoms with Crippen LogP contribution in [0, 0.1) is 0 Å². The van der Waals surface area contributed by atoms with Crippen LogP contribution in [0.2, 0.25) is 0 Å². The maximum Gasteiger partial charge on any atom is 0.314 e. The number of methoxy groups -OCH3 is 1. The van der Waals surface area contributed by atoms with E-state index in [0.717, 1.165) is 43.4 Å². The van der Waals surface area contributed by atoms with Crippen molar-refractivity contribution in [1.29, 1.82) is 0 Å². The number of nitrogens with one attached hydrogen (secondary N) is 2. The highest BCUT2D eigenvalue weighted by Crippen LogP contribution is 2.25. The minimum absolute atomic E-state index is 0.183. The molecular formula is C22H25N5O5. The molecule has 3 heterocycles. The quantitative estimate of drug-likeness (QED) is 0.537. The zero-order valence-corrected chi connectivity index (χ0v) is 17.7. The molecular weight excluding hydrogens is 414 g/mol. The number of hydrogen-bond donors (Lipinski definition) is 2. The van der Waals surface area contributed by atoms with Crippen molar-refractivity contribution >= 4 is 23.3 Å². The normalized spacial score (nSPS) is 15.2. The Labute approximate surface area is 185 Å². The van der Waals surface area contributed by atoms with E-state index in [1.807, 2.05) is 36.4 Å². The molecule has 0 spiro atoms. The molecule has 1 fully saturated rings. The third kappa shape index (κ3) is 5.09. The van der Waals surface area contributed by atoms with Crippen LogP contribution in [0.1, 0.15) is 11.8 Å². The Morgan fingerprint density at radius 2 is 1.84 bits per heavy atom. The fourth-order valence-corrected chi connectivity index (χ4v) is 3.70. The maximum absolute atomic E-state index is 12.3. The van der Waals surface area contributed by atoms with Crippen LogP contribution in [0.4, 0.5) is 11.5 Å². The van der Waals surface area contributed by atoms with Crippen molar-refractivity contribution in [2.75, 3.05) is 50.1 Å². The average molecular weight is 439 g/mol. The molecule has 2 N–H and O–H groups in total. The molecule has 1 saturated heterocycles. The molecule has 1 atom stereocenters. The van der Waals surface area contributed by atoms with Crippen LogP contribution in [0.3, 0.4) is 0 Å². The average Bonchev–Trinajstić information content (AvgIpc) is 3.54. The number of hydrogen-bond acceptors (Lipinski definition) is 8. The largest absolute Gasteiger partial charge is 0.497 e. The van der Waals surface area contributed by atoms with E-state index in [0.29, 0.717) is 0 Å². The summed E-state index contributed by atoms with van der Waals surface area (Å²) in [5, 5.41) is 8.65. The second-order valence-electron chi connectivity index (χ2n) is 7.30. The molecule has 1 aliphatic heterocycles. The Morgan fingerprint density at radius 1 is 1.06 bits per heavy atom. The third-order valence-corrected chi connectivity index (χ3v) is 5.41. The molecule has 2 amide bonds. The van der Waals surface area contributed by atoms with Gasteiger partial charge in [0, 0.05) is 44.5 Å². The van der Waals surface area contributed by atoms with Crippen molar-refractivity contribution in [1.82, 2.24) is 15.4 Å². The number of ether oxygens (including phenoxy) is 1. The molecule has 1 aromatic carbocycles. The lowest BCUT2D eigenvalue weighted by Crippen LogP contribution is -2.50. The lowest BCUT2D eigenvalue weighted by molar-refractivity contribution is -0.136. The molecule has 0 radical (unpaired) electrons. The van der Waals surface area contributed by atoms with Crippen LogP contribution in [0.25, 0.3) is 0 Å². The monoisotopic (exact) mass is 439 g/mol. The van der Waals surface area contributed by atoms with Crippen molar-refractivity contribution in [2.24, 2.45) is 0 Å². The third-order valence-electron chi connectivity index (χ3n) is 5.41. The SMILES string of the molecule is COc1ccc(N2CCN(C(CNC(=O)C(=O)Nc3ccon3)c3ccco3)CC2)cc1. The Morgan fingerprint density at radius 3 is 2.47 bits per heavy atom. The molecule has 0 aliphatic carbocycles. The molecule has 2 aromatic heterocycles. The Bertz CT molecular complexity index is 996. The van der Waals surface area contributed by atoms with Crippen molar-refractivity contribution in [3.63, 3.8) is 0 Å². The van der Waals surface area contributed by atoms with Crippen LogP contribution >= 0.6 is 0 Å². The Hall–Kier alpha value is -3.79. The van der Waals surface area contributed by atoms with E-state index in [4.69, 9.17) is 9.15 Å². The fourth-order valence-electron chi connectivity index (χ4n) is 3.70. The fraction of sp³-hybridized carbons (Fsp3) is 0.318. The van der Waals surface area contributed by atoms with Crippen molar-refractivity contribution < 1.29 is 23.3 Å². The topological polar surface area (TPSA) is 113 Å². The van der Waals surface area contributed by atoms with Crippen LogP contribution < -0.4 is 20.3 Å². The van der Waals surface area contributed by atoms with Gasteiger partial charge in [0.2, 0.25) is 0 Å². The molecule has 168 valence electrons. The molecule has 10 nitrogen and oxygen atoms in total. The van der Waals surface area contributed by atoms with Crippen LogP contribution in [0.15, 0.2) is 63.9 Å². The second kappa shape index (κ2) is 10.0. The van der Waals surface area contributed by atoms with E-state index >= 15 is 0 Å². The number of furan rings is 1. The molecule has 10 heteroatoms. The molecule has 0 bridgehead atoms. The predicted octanol–water partition coefficient (Wildman–Crippen LogP) is 1.89. The van der Waals surface area contributed by atoms with E-state index in [-0.39, 0.29) is 18.4 Å². The molecule has 4 rings (SSSR count). The van der Waals surface area contributed by atoms with E-state index in [1.54, 1.807) is 13.4 Å². The van der Waals surface area contributed by atoms with Crippen LogP contribution in [-0.2, 0) is 9.59 Å². The number of piperazine rings is 1. The number of carbonyl (C=O) groups is 2. The first kappa shape index (κ1) is 21.4. The molecule has 3 aromatic rings. The lowest BCUT2D eigenvalue weighted by atomic mass is 10.1. The van der Waals surface area contributed by atoms with Gasteiger partial charge in [0.1, 0.15) is 17.8 Å². The Kier molecular flexibility index (Phi) is 6.71. The number of rotatable bonds is 7. The number of benzene rings is 1. The van der Waals surface area contributed by atoms with Crippen LogP contribution in [-0.4, -0.2) is 61.7 Å². The summed E-state index contributed by atoms with van der Waals surface area (Å²) in [6.07, 6.45) is 2.92. The van der Waals surface area contributed by atoms with E-state index in [9.17, 15) is 9.59 Å². The lowest BCUT2D eigenvalue weighted by Gasteiger charge is -2.39. The van der Waals surface area contributed by atoms with Gasteiger partial charge in [-0.25, -0.2) is 0 Å². The summed E-state index contributed by atoms with van der Waals surface area (Å²) < 4.78 is 15.5. The Balaban J connectivity index is 1.35. The molecule has 1 aliphatic rings. The number of nitrogens with zero attached hydrogens (tertiary/aromatic N) is 3. The summed E-state index contributed by atoms with van der Waals surface area (Å²) in [7, 11) is 1.65. The minimum Gasteiger partial charge on any atom is -0.497 e. The molecule has 0 saturated carbocycles. The first-order chi connectivity index (χ1) is 15.6. The maximum atomic E-state index is 12.3. The summed E-state index contributed by atoms with van der Waals surface area (Å²) in [5.41, 5.74) is 1.14. The second-order valence-corrected chi connectivity index (χ2v) is 7.30. The highest BCUT2D eigenvalue weighted by molar-refractivity contribution is 6.39. The zero-order valence-electron chi connectivity index (χ0n) is 17.7. The van der Waals surface area contributed by atoms with Gasteiger partial charge in [-0.15, -0.1) is 0 Å². The number of amides is 2. The summed E-state index contributed by atoms with van der Waals surface area (Å²) in [6.45, 7) is 3.44. The summed E-state index contributed by atoms with van der Waals surface area (Å²) in [4.78, 5) is 28.9. The van der Waals surface area contributed by atoms with Crippen molar-refractivity contribution in [3.05, 3.63) is 60.8 Å². The summed E-state index contributed by atoms with van der Waals surface area (Å²) >= 11 is 0. The van der Waals surface area contributed by atoms with Gasteiger partial charge in [-0.2, -0.15) is 0 Å². The molecule has 1 unspecified atom stereocenters. The first-order valence-corrected chi connectivity index (χ1v) is 10.3. The predicted molar refractivity (Wildman–Crippen MR) is 116 cm³/mol. The number of aromatic nitrogens is 1. The van der Waals surface area contributed by atoms with Gasteiger partial charge in [0.15, 0.2) is 5.82 Å². The van der Waals surface area contributed by atoms with E-state index in [1.165, 1.54) is 12.3 Å². The van der Waals surface area contributed by atoms with Gasteiger partial charge < -0.3 is 23.9 Å². The highest BCUT2D eigenvalue weighted by Gasteiger charge is 2.28. The van der Waals surface area contributed by atoms with Gasteiger partial charge in [-0.05, 0) is 36.4 Å². The van der Waals surface area contributed by atoms with Gasteiger partial charge in [0.25, 0.3) is 0 Å². The van der Waals surface area contributed by atoms with Crippen molar-refractivity contribution in [3.8, 4) is 5.75 Å². The van der Waals surface area contributed by atoms with E-state index in [2.05, 4.69) is 30.1 Å². The summed E-state index contributed by atoms with van der Waals surface area (Å²) in [6, 6.07) is 13.0. The zero-order chi connectivity index (χ0) is 22.3. The summed E-state index contributed by atoms with van der Waals surface area (Å²) in [5.74, 6) is 0.193. The van der Waals surface area contributed by atoms with Gasteiger partial charge >= 0.3 is 11.8 Å². The van der Waals surface area contributed by atoms with Crippen LogP contribution in [0.5, 0.6) is 5.75 Å². The first-order valence-electron chi connectivity index (χ1n) is 10.3. The smallest absolute Gasteiger partial charge is 0.314 e. The molecule has 32 heavy (non-hydrogen) atoms. The standard InChI is InChI=1S/C22H25N5O5/c1-30-17-6-4-16(5-7-17)26-9-11-27(12-10-26)18(19-3-2-13-31-19)15-23-21(28)22(29)24-20-8-14-32-25-20/h2-8,13-14,18H,9-12,15H2,1H3,(H,23,28)(H,24,25,29). The van der Waals surface area contributed by atoms with Crippen molar-refractivity contribution in [2.45, 2.75) is 6.04 Å². The van der Waals surface area contributed by atoms with Gasteiger partial charge in [0.05, 0.1) is 19.4 Å².